The molecule has 1 aliphatic rings. The third-order valence-corrected chi connectivity index (χ3v) is 4.78. The standard InChI is InChI=1S/C23H25N3O5/c1-15(2)24-23(27)26(12-16-7-8-20-22(9-16)30-14-29-20)13-18-11-21(31-25-18)17-5-4-6-19(10-17)28-3/h4-11,15H,12-14H2,1-3H3,(H,24,27). The molecule has 2 amide bonds. The number of methoxy groups -OCH3 is 1. The van der Waals surface area contributed by atoms with Gasteiger partial charge in [-0.05, 0) is 43.7 Å². The molecule has 2 heterocycles. The SMILES string of the molecule is COc1cccc(-c2cc(CN(Cc3ccc4c(c3)OCO4)C(=O)NC(C)C)no2)c1. The molecule has 0 atom stereocenters. The van der Waals surface area contributed by atoms with E-state index in [0.717, 1.165) is 16.9 Å². The van der Waals surface area contributed by atoms with Gasteiger partial charge in [-0.1, -0.05) is 23.4 Å². The van der Waals surface area contributed by atoms with Gasteiger partial charge in [0.25, 0.3) is 0 Å². The predicted octanol–water partition coefficient (Wildman–Crippen LogP) is 4.20. The van der Waals surface area contributed by atoms with Crippen molar-refractivity contribution in [1.82, 2.24) is 15.4 Å². The summed E-state index contributed by atoms with van der Waals surface area (Å²) in [6.45, 7) is 4.74. The molecule has 3 aromatic rings. The van der Waals surface area contributed by atoms with Crippen molar-refractivity contribution in [3.63, 3.8) is 0 Å². The van der Waals surface area contributed by atoms with Crippen molar-refractivity contribution >= 4 is 6.03 Å². The molecule has 0 aliphatic carbocycles. The number of hydrogen-bond donors (Lipinski definition) is 1. The Bertz CT molecular complexity index is 1060. The molecule has 8 heteroatoms. The molecule has 0 saturated heterocycles. The molecule has 162 valence electrons. The monoisotopic (exact) mass is 423 g/mol. The zero-order chi connectivity index (χ0) is 21.8. The second-order valence-electron chi connectivity index (χ2n) is 7.56. The first kappa shape index (κ1) is 20.6. The average molecular weight is 423 g/mol. The van der Waals surface area contributed by atoms with E-state index in [2.05, 4.69) is 10.5 Å². The maximum atomic E-state index is 12.8. The minimum atomic E-state index is -0.182. The van der Waals surface area contributed by atoms with Crippen LogP contribution in [0.15, 0.2) is 53.1 Å². The number of nitrogens with one attached hydrogen (secondary N) is 1. The van der Waals surface area contributed by atoms with Gasteiger partial charge in [0.15, 0.2) is 17.3 Å². The van der Waals surface area contributed by atoms with E-state index < -0.39 is 0 Å². The predicted molar refractivity (Wildman–Crippen MR) is 114 cm³/mol. The minimum Gasteiger partial charge on any atom is -0.497 e. The number of hydrogen-bond acceptors (Lipinski definition) is 6. The second kappa shape index (κ2) is 8.99. The Morgan fingerprint density at radius 2 is 1.97 bits per heavy atom. The number of benzene rings is 2. The van der Waals surface area contributed by atoms with Crippen LogP contribution in [-0.2, 0) is 13.1 Å². The van der Waals surface area contributed by atoms with Gasteiger partial charge in [0.1, 0.15) is 11.4 Å². The summed E-state index contributed by atoms with van der Waals surface area (Å²) >= 11 is 0. The summed E-state index contributed by atoms with van der Waals surface area (Å²) in [5.41, 5.74) is 2.43. The van der Waals surface area contributed by atoms with Crippen LogP contribution in [0.25, 0.3) is 11.3 Å². The highest BCUT2D eigenvalue weighted by atomic mass is 16.7. The number of urea groups is 1. The highest BCUT2D eigenvalue weighted by Crippen LogP contribution is 2.33. The fourth-order valence-electron chi connectivity index (χ4n) is 3.29. The maximum absolute atomic E-state index is 12.8. The van der Waals surface area contributed by atoms with E-state index in [0.29, 0.717) is 36.0 Å². The number of carbonyl (C=O) groups is 1. The molecule has 4 rings (SSSR count). The molecule has 1 aliphatic heterocycles. The van der Waals surface area contributed by atoms with Gasteiger partial charge in [0.05, 0.1) is 13.7 Å². The first-order valence-electron chi connectivity index (χ1n) is 10.1. The summed E-state index contributed by atoms with van der Waals surface area (Å²) in [4.78, 5) is 14.5. The summed E-state index contributed by atoms with van der Waals surface area (Å²) in [5.74, 6) is 2.74. The molecule has 0 radical (unpaired) electrons. The fourth-order valence-corrected chi connectivity index (χ4v) is 3.29. The Hall–Kier alpha value is -3.68. The number of fused-ring (bicyclic) bond motifs is 1. The Morgan fingerprint density at radius 1 is 1.13 bits per heavy atom. The minimum absolute atomic E-state index is 0.0106. The van der Waals surface area contributed by atoms with Gasteiger partial charge in [-0.15, -0.1) is 0 Å². The van der Waals surface area contributed by atoms with Crippen molar-refractivity contribution in [2.24, 2.45) is 0 Å². The van der Waals surface area contributed by atoms with Crippen LogP contribution in [-0.4, -0.2) is 36.0 Å². The number of aromatic nitrogens is 1. The third kappa shape index (κ3) is 4.91. The van der Waals surface area contributed by atoms with Crippen molar-refractivity contribution in [3.8, 4) is 28.6 Å². The zero-order valence-electron chi connectivity index (χ0n) is 17.8. The van der Waals surface area contributed by atoms with E-state index in [1.807, 2.05) is 62.4 Å². The van der Waals surface area contributed by atoms with Crippen LogP contribution in [0.1, 0.15) is 25.1 Å². The lowest BCUT2D eigenvalue weighted by molar-refractivity contribution is 0.173. The van der Waals surface area contributed by atoms with Crippen molar-refractivity contribution in [2.45, 2.75) is 33.0 Å². The Kier molecular flexibility index (Phi) is 5.97. The summed E-state index contributed by atoms with van der Waals surface area (Å²) in [6, 6.07) is 14.9. The third-order valence-electron chi connectivity index (χ3n) is 4.78. The molecule has 0 spiro atoms. The van der Waals surface area contributed by atoms with E-state index in [1.165, 1.54) is 0 Å². The van der Waals surface area contributed by atoms with Crippen LogP contribution in [0, 0.1) is 0 Å². The number of amides is 2. The second-order valence-corrected chi connectivity index (χ2v) is 7.56. The summed E-state index contributed by atoms with van der Waals surface area (Å²) in [6.07, 6.45) is 0. The van der Waals surface area contributed by atoms with Gasteiger partial charge < -0.3 is 29.0 Å². The largest absolute Gasteiger partial charge is 0.497 e. The molecule has 8 nitrogen and oxygen atoms in total. The van der Waals surface area contributed by atoms with Crippen molar-refractivity contribution in [3.05, 3.63) is 59.8 Å². The van der Waals surface area contributed by atoms with Gasteiger partial charge in [-0.25, -0.2) is 4.79 Å². The van der Waals surface area contributed by atoms with E-state index in [4.69, 9.17) is 18.7 Å². The van der Waals surface area contributed by atoms with Crippen LogP contribution in [0.5, 0.6) is 17.2 Å². The van der Waals surface area contributed by atoms with Crippen LogP contribution < -0.4 is 19.5 Å². The van der Waals surface area contributed by atoms with E-state index in [1.54, 1.807) is 12.0 Å². The Balaban J connectivity index is 1.53. The molecule has 2 aromatic carbocycles. The normalized spacial score (nSPS) is 12.1. The van der Waals surface area contributed by atoms with Gasteiger partial charge in [0, 0.05) is 24.2 Å². The topological polar surface area (TPSA) is 86.1 Å². The lowest BCUT2D eigenvalue weighted by atomic mass is 10.1. The van der Waals surface area contributed by atoms with Crippen LogP contribution in [0.2, 0.25) is 0 Å². The molecule has 0 bridgehead atoms. The maximum Gasteiger partial charge on any atom is 0.318 e. The highest BCUT2D eigenvalue weighted by molar-refractivity contribution is 5.74. The molecular formula is C23H25N3O5. The van der Waals surface area contributed by atoms with E-state index >= 15 is 0 Å². The molecule has 1 N–H and O–H groups in total. The highest BCUT2D eigenvalue weighted by Gasteiger charge is 2.20. The van der Waals surface area contributed by atoms with Gasteiger partial charge in [-0.2, -0.15) is 0 Å². The fraction of sp³-hybridized carbons (Fsp3) is 0.304. The van der Waals surface area contributed by atoms with Gasteiger partial charge >= 0.3 is 6.03 Å². The first-order valence-corrected chi connectivity index (χ1v) is 10.1. The molecule has 0 saturated carbocycles. The number of carbonyl (C=O) groups excluding carboxylic acids is 1. The van der Waals surface area contributed by atoms with E-state index in [-0.39, 0.29) is 18.9 Å². The molecule has 0 fully saturated rings. The zero-order valence-corrected chi connectivity index (χ0v) is 17.8. The number of ether oxygens (including phenoxy) is 3. The summed E-state index contributed by atoms with van der Waals surface area (Å²) in [5, 5.41) is 7.11. The van der Waals surface area contributed by atoms with Crippen LogP contribution in [0.4, 0.5) is 4.79 Å². The smallest absolute Gasteiger partial charge is 0.318 e. The number of nitrogens with zero attached hydrogens (tertiary/aromatic N) is 2. The first-order chi connectivity index (χ1) is 15.0. The van der Waals surface area contributed by atoms with Crippen LogP contribution >= 0.6 is 0 Å². The van der Waals surface area contributed by atoms with Crippen molar-refractivity contribution < 1.29 is 23.5 Å². The molecule has 31 heavy (non-hydrogen) atoms. The lowest BCUT2D eigenvalue weighted by Gasteiger charge is -2.23. The lowest BCUT2D eigenvalue weighted by Crippen LogP contribution is -2.42. The average Bonchev–Trinajstić information content (AvgIpc) is 3.42. The summed E-state index contributed by atoms with van der Waals surface area (Å²) in [7, 11) is 1.62. The Morgan fingerprint density at radius 3 is 2.77 bits per heavy atom. The summed E-state index contributed by atoms with van der Waals surface area (Å²) < 4.78 is 21.6. The van der Waals surface area contributed by atoms with Gasteiger partial charge in [-0.3, -0.25) is 0 Å². The quantitative estimate of drug-likeness (QED) is 0.613. The molecule has 1 aromatic heterocycles. The van der Waals surface area contributed by atoms with Crippen LogP contribution in [0.3, 0.4) is 0 Å². The van der Waals surface area contributed by atoms with Crippen molar-refractivity contribution in [2.75, 3.05) is 13.9 Å². The Labute approximate surface area is 180 Å². The molecular weight excluding hydrogens is 398 g/mol. The van der Waals surface area contributed by atoms with Crippen molar-refractivity contribution in [1.29, 1.82) is 0 Å². The number of rotatable bonds is 7. The van der Waals surface area contributed by atoms with E-state index in [9.17, 15) is 4.79 Å². The molecule has 0 unspecified atom stereocenters. The van der Waals surface area contributed by atoms with Gasteiger partial charge in [0.2, 0.25) is 6.79 Å².